The molecule has 1 fully saturated rings. The minimum absolute atomic E-state index is 0.0362. The van der Waals surface area contributed by atoms with E-state index in [1.165, 1.54) is 6.92 Å². The van der Waals surface area contributed by atoms with Crippen LogP contribution in [0.25, 0.3) is 5.57 Å². The topological polar surface area (TPSA) is 88.3 Å². The number of carbonyl (C=O) groups is 2. The standard InChI is InChI=1S/C26H24ClF5N4O2/c1-14(37)36-9-6-15(7-10-36)17-3-2-4-20(33)23(17)18-12-21(27)25(29,13-19(18)28)24(38)35-16-5-8-34-22(11-16)26(30,31)32/h2-5,8,11-12,15H,6-7,9-10,13,33H2,1H3,(H,34,35,38). The highest BCUT2D eigenvalue weighted by atomic mass is 35.5. The summed E-state index contributed by atoms with van der Waals surface area (Å²) in [5.41, 5.74) is 2.69. The molecule has 2 aliphatic rings. The quantitative estimate of drug-likeness (QED) is 0.360. The molecule has 0 bridgehead atoms. The van der Waals surface area contributed by atoms with Crippen molar-refractivity contribution in [3.8, 4) is 0 Å². The first-order valence-electron chi connectivity index (χ1n) is 11.8. The minimum atomic E-state index is -4.78. The van der Waals surface area contributed by atoms with Crippen LogP contribution in [-0.2, 0) is 15.8 Å². The highest BCUT2D eigenvalue weighted by Gasteiger charge is 2.47. The van der Waals surface area contributed by atoms with Crippen LogP contribution in [0.15, 0.2) is 53.5 Å². The van der Waals surface area contributed by atoms with Crippen LogP contribution < -0.4 is 11.1 Å². The number of alkyl halides is 4. The highest BCUT2D eigenvalue weighted by molar-refractivity contribution is 6.34. The van der Waals surface area contributed by atoms with Crippen LogP contribution in [0.1, 0.15) is 48.9 Å². The Morgan fingerprint density at radius 1 is 1.21 bits per heavy atom. The van der Waals surface area contributed by atoms with Gasteiger partial charge in [-0.15, -0.1) is 0 Å². The van der Waals surface area contributed by atoms with Crippen LogP contribution in [0.3, 0.4) is 0 Å². The smallest absolute Gasteiger partial charge is 0.398 e. The molecule has 202 valence electrons. The summed E-state index contributed by atoms with van der Waals surface area (Å²) in [5.74, 6) is -2.50. The Balaban J connectivity index is 1.61. The second-order valence-electron chi connectivity index (χ2n) is 9.26. The van der Waals surface area contributed by atoms with E-state index in [9.17, 15) is 22.8 Å². The van der Waals surface area contributed by atoms with Gasteiger partial charge in [-0.2, -0.15) is 13.2 Å². The summed E-state index contributed by atoms with van der Waals surface area (Å²) in [6, 6.07) is 6.65. The zero-order chi connectivity index (χ0) is 27.8. The summed E-state index contributed by atoms with van der Waals surface area (Å²) in [4.78, 5) is 29.3. The molecule has 1 aromatic heterocycles. The van der Waals surface area contributed by atoms with Crippen LogP contribution in [0.5, 0.6) is 0 Å². The number of allylic oxidation sites excluding steroid dienone is 3. The molecule has 1 unspecified atom stereocenters. The number of nitrogens with one attached hydrogen (secondary N) is 1. The third kappa shape index (κ3) is 5.38. The number of nitrogens with two attached hydrogens (primary N) is 1. The fourth-order valence-electron chi connectivity index (χ4n) is 4.75. The average molecular weight is 555 g/mol. The van der Waals surface area contributed by atoms with Gasteiger partial charge in [0, 0.05) is 55.1 Å². The highest BCUT2D eigenvalue weighted by Crippen LogP contribution is 2.46. The molecule has 4 rings (SSSR count). The van der Waals surface area contributed by atoms with Crippen molar-refractivity contribution < 1.29 is 31.5 Å². The molecule has 1 aliphatic heterocycles. The van der Waals surface area contributed by atoms with E-state index < -0.39 is 40.7 Å². The molecule has 0 spiro atoms. The predicted octanol–water partition coefficient (Wildman–Crippen LogP) is 5.96. The lowest BCUT2D eigenvalue weighted by molar-refractivity contribution is -0.141. The molecule has 1 aromatic carbocycles. The number of nitrogen functional groups attached to an aromatic ring is 1. The number of nitrogens with zero attached hydrogens (tertiary/aromatic N) is 2. The average Bonchev–Trinajstić information content (AvgIpc) is 2.86. The molecule has 1 saturated heterocycles. The molecule has 2 amide bonds. The number of carbonyl (C=O) groups excluding carboxylic acids is 2. The van der Waals surface area contributed by atoms with Gasteiger partial charge in [0.1, 0.15) is 11.5 Å². The molecular weight excluding hydrogens is 531 g/mol. The van der Waals surface area contributed by atoms with E-state index in [4.69, 9.17) is 17.3 Å². The van der Waals surface area contributed by atoms with Crippen LogP contribution in [0.2, 0.25) is 0 Å². The largest absolute Gasteiger partial charge is 0.433 e. The Kier molecular flexibility index (Phi) is 7.51. The molecule has 2 aromatic rings. The Bertz CT molecular complexity index is 1340. The van der Waals surface area contributed by atoms with E-state index in [1.807, 2.05) is 5.32 Å². The summed E-state index contributed by atoms with van der Waals surface area (Å²) >= 11 is 6.19. The minimum Gasteiger partial charge on any atom is -0.398 e. The van der Waals surface area contributed by atoms with Crippen LogP contribution >= 0.6 is 11.6 Å². The Labute approximate surface area is 220 Å². The zero-order valence-electron chi connectivity index (χ0n) is 20.2. The molecule has 2 heterocycles. The first kappa shape index (κ1) is 27.6. The number of rotatable bonds is 4. The van der Waals surface area contributed by atoms with Crippen molar-refractivity contribution in [2.24, 2.45) is 0 Å². The lowest BCUT2D eigenvalue weighted by atomic mass is 9.81. The van der Waals surface area contributed by atoms with Crippen LogP contribution in [0, 0.1) is 0 Å². The molecule has 0 saturated carbocycles. The van der Waals surface area contributed by atoms with Crippen LogP contribution in [-0.4, -0.2) is 40.5 Å². The monoisotopic (exact) mass is 554 g/mol. The zero-order valence-corrected chi connectivity index (χ0v) is 21.0. The van der Waals surface area contributed by atoms with Gasteiger partial charge >= 0.3 is 6.18 Å². The lowest BCUT2D eigenvalue weighted by Crippen LogP contribution is -2.41. The van der Waals surface area contributed by atoms with Gasteiger partial charge < -0.3 is 16.0 Å². The van der Waals surface area contributed by atoms with Crippen molar-refractivity contribution in [1.82, 2.24) is 9.88 Å². The number of hydrogen-bond acceptors (Lipinski definition) is 4. The van der Waals surface area contributed by atoms with Crippen molar-refractivity contribution in [3.63, 3.8) is 0 Å². The molecule has 12 heteroatoms. The van der Waals surface area contributed by atoms with Gasteiger partial charge in [0.25, 0.3) is 5.91 Å². The number of amides is 2. The second kappa shape index (κ2) is 10.4. The first-order valence-corrected chi connectivity index (χ1v) is 12.1. The molecular formula is C26H24ClF5N4O2. The number of likely N-dealkylation sites (tertiary alicyclic amines) is 1. The number of benzene rings is 1. The van der Waals surface area contributed by atoms with Gasteiger partial charge in [0.2, 0.25) is 11.6 Å². The summed E-state index contributed by atoms with van der Waals surface area (Å²) < 4.78 is 70.1. The number of halogens is 6. The molecule has 0 radical (unpaired) electrons. The summed E-state index contributed by atoms with van der Waals surface area (Å²) in [6.07, 6.45) is -2.82. The molecule has 1 atom stereocenters. The summed E-state index contributed by atoms with van der Waals surface area (Å²) in [7, 11) is 0. The molecule has 1 aliphatic carbocycles. The maximum absolute atomic E-state index is 15.8. The Hall–Kier alpha value is -3.47. The maximum Gasteiger partial charge on any atom is 0.433 e. The van der Waals surface area contributed by atoms with Crippen molar-refractivity contribution in [2.45, 2.75) is 43.9 Å². The summed E-state index contributed by atoms with van der Waals surface area (Å²) in [6.45, 7) is 2.53. The van der Waals surface area contributed by atoms with Crippen molar-refractivity contribution in [3.05, 3.63) is 70.3 Å². The fraction of sp³-hybridized carbons (Fsp3) is 0.346. The van der Waals surface area contributed by atoms with Crippen LogP contribution in [0.4, 0.5) is 33.3 Å². The normalized spacial score (nSPS) is 20.8. The lowest BCUT2D eigenvalue weighted by Gasteiger charge is -2.33. The predicted molar refractivity (Wildman–Crippen MR) is 133 cm³/mol. The van der Waals surface area contributed by atoms with Gasteiger partial charge in [0.05, 0.1) is 5.03 Å². The van der Waals surface area contributed by atoms with Crippen molar-refractivity contribution >= 4 is 40.4 Å². The van der Waals surface area contributed by atoms with E-state index in [0.29, 0.717) is 43.1 Å². The van der Waals surface area contributed by atoms with E-state index in [-0.39, 0.29) is 28.8 Å². The van der Waals surface area contributed by atoms with Gasteiger partial charge in [-0.3, -0.25) is 14.6 Å². The molecule has 38 heavy (non-hydrogen) atoms. The number of hydrogen-bond donors (Lipinski definition) is 2. The maximum atomic E-state index is 15.8. The summed E-state index contributed by atoms with van der Waals surface area (Å²) in [5, 5.41) is 1.39. The Morgan fingerprint density at radius 2 is 1.89 bits per heavy atom. The SMILES string of the molecule is CC(=O)N1CCC(c2cccc(N)c2C2=C(F)CC(F)(C(=O)Nc3ccnc(C(F)(F)F)c3)C(Cl)=C2)CC1. The Morgan fingerprint density at radius 3 is 2.53 bits per heavy atom. The van der Waals surface area contributed by atoms with Crippen molar-refractivity contribution in [2.75, 3.05) is 24.1 Å². The number of piperidine rings is 1. The number of anilines is 2. The van der Waals surface area contributed by atoms with Gasteiger partial charge in [-0.1, -0.05) is 23.7 Å². The molecule has 3 N–H and O–H groups in total. The van der Waals surface area contributed by atoms with Crippen molar-refractivity contribution in [1.29, 1.82) is 0 Å². The number of pyridine rings is 1. The fourth-order valence-corrected chi connectivity index (χ4v) is 5.01. The molecule has 6 nitrogen and oxygen atoms in total. The third-order valence-corrected chi connectivity index (χ3v) is 7.20. The van der Waals surface area contributed by atoms with E-state index in [1.54, 1.807) is 23.1 Å². The van der Waals surface area contributed by atoms with Gasteiger partial charge in [-0.25, -0.2) is 8.78 Å². The van der Waals surface area contributed by atoms with E-state index in [2.05, 4.69) is 4.98 Å². The van der Waals surface area contributed by atoms with Gasteiger partial charge in [-0.05, 0) is 48.6 Å². The first-order chi connectivity index (χ1) is 17.8. The van der Waals surface area contributed by atoms with E-state index in [0.717, 1.165) is 18.3 Å². The second-order valence-corrected chi connectivity index (χ2v) is 9.67. The van der Waals surface area contributed by atoms with E-state index >= 15 is 8.78 Å². The third-order valence-electron chi connectivity index (χ3n) is 6.79. The van der Waals surface area contributed by atoms with Gasteiger partial charge in [0.15, 0.2) is 0 Å². The number of aromatic nitrogens is 1.